The van der Waals surface area contributed by atoms with Crippen LogP contribution in [0.1, 0.15) is 12.5 Å². The van der Waals surface area contributed by atoms with Crippen LogP contribution in [-0.4, -0.2) is 26.5 Å². The second kappa shape index (κ2) is 6.10. The second-order valence-corrected chi connectivity index (χ2v) is 7.64. The number of thioether (sulfide) groups is 1. The Labute approximate surface area is 145 Å². The number of methoxy groups -OCH3 is 1. The zero-order valence-corrected chi connectivity index (χ0v) is 14.8. The summed E-state index contributed by atoms with van der Waals surface area (Å²) in [6, 6.07) is 13.3. The van der Waals surface area contributed by atoms with Gasteiger partial charge in [-0.3, -0.25) is 0 Å². The van der Waals surface area contributed by atoms with Crippen molar-refractivity contribution in [1.82, 2.24) is 0 Å². The summed E-state index contributed by atoms with van der Waals surface area (Å²) in [4.78, 5) is 15.1. The van der Waals surface area contributed by atoms with E-state index in [1.807, 2.05) is 42.3 Å². The van der Waals surface area contributed by atoms with Crippen molar-refractivity contribution >= 4 is 35.3 Å². The molecule has 2 atom stereocenters. The molecule has 120 valence electrons. The Hall–Kier alpha value is -1.65. The number of benzene rings is 2. The number of halogens is 1. The van der Waals surface area contributed by atoms with E-state index in [1.54, 1.807) is 24.9 Å². The molecule has 0 radical (unpaired) electrons. The molecule has 23 heavy (non-hydrogen) atoms. The number of aldehydes is 1. The number of anilines is 1. The highest BCUT2D eigenvalue weighted by Gasteiger charge is 2.45. The number of nitrogens with zero attached hydrogens (tertiary/aromatic N) is 1. The van der Waals surface area contributed by atoms with Crippen LogP contribution in [0.5, 0.6) is 5.75 Å². The summed E-state index contributed by atoms with van der Waals surface area (Å²) in [6.45, 7) is 2.07. The Morgan fingerprint density at radius 1 is 1.30 bits per heavy atom. The Morgan fingerprint density at radius 2 is 2.04 bits per heavy atom. The first-order chi connectivity index (χ1) is 11.0. The third-order valence-corrected chi connectivity index (χ3v) is 6.06. The topological polar surface area (TPSA) is 29.5 Å². The third kappa shape index (κ3) is 2.60. The largest absolute Gasteiger partial charge is 0.496 e. The summed E-state index contributed by atoms with van der Waals surface area (Å²) in [7, 11) is 3.59. The van der Waals surface area contributed by atoms with Gasteiger partial charge in [-0.2, -0.15) is 0 Å². The molecule has 0 aromatic heterocycles. The summed E-state index contributed by atoms with van der Waals surface area (Å²) in [5.41, 5.74) is 1.99. The van der Waals surface area contributed by atoms with Gasteiger partial charge >= 0.3 is 0 Å². The van der Waals surface area contributed by atoms with Crippen molar-refractivity contribution in [3.05, 3.63) is 53.1 Å². The van der Waals surface area contributed by atoms with Crippen molar-refractivity contribution in [3.63, 3.8) is 0 Å². The fourth-order valence-electron chi connectivity index (χ4n) is 3.15. The number of ether oxygens (including phenoxy) is 1. The molecule has 0 saturated carbocycles. The van der Waals surface area contributed by atoms with Crippen LogP contribution in [0.15, 0.2) is 47.4 Å². The molecular weight excluding hydrogens is 330 g/mol. The van der Waals surface area contributed by atoms with Crippen molar-refractivity contribution in [2.24, 2.45) is 0 Å². The van der Waals surface area contributed by atoms with E-state index < -0.39 is 4.75 Å². The van der Waals surface area contributed by atoms with E-state index >= 15 is 0 Å². The van der Waals surface area contributed by atoms with Crippen molar-refractivity contribution in [1.29, 1.82) is 0 Å². The van der Waals surface area contributed by atoms with E-state index in [2.05, 4.69) is 13.0 Å². The van der Waals surface area contributed by atoms with Crippen molar-refractivity contribution < 1.29 is 9.53 Å². The standard InChI is InChI=1S/C18H18ClNO2S/c1-18(13-10-12(19)8-9-15(13)22-3)17(11-21)20(2)14-6-4-5-7-16(14)23-18/h4-11,17H,1-3H3. The van der Waals surface area contributed by atoms with Gasteiger partial charge in [0.25, 0.3) is 0 Å². The van der Waals surface area contributed by atoms with Gasteiger partial charge in [0.2, 0.25) is 0 Å². The quantitative estimate of drug-likeness (QED) is 0.771. The van der Waals surface area contributed by atoms with Crippen molar-refractivity contribution in [2.45, 2.75) is 22.6 Å². The van der Waals surface area contributed by atoms with Gasteiger partial charge in [0.1, 0.15) is 18.1 Å². The number of hydrogen-bond donors (Lipinski definition) is 0. The molecule has 1 heterocycles. The lowest BCUT2D eigenvalue weighted by atomic mass is 9.90. The van der Waals surface area contributed by atoms with Crippen LogP contribution in [0, 0.1) is 0 Å². The van der Waals surface area contributed by atoms with Gasteiger partial charge in [-0.25, -0.2) is 0 Å². The minimum atomic E-state index is -0.499. The minimum Gasteiger partial charge on any atom is -0.496 e. The molecule has 0 bridgehead atoms. The summed E-state index contributed by atoms with van der Waals surface area (Å²) >= 11 is 7.89. The van der Waals surface area contributed by atoms with Crippen molar-refractivity contribution in [2.75, 3.05) is 19.1 Å². The molecule has 2 aromatic carbocycles. The monoisotopic (exact) mass is 347 g/mol. The molecule has 0 fully saturated rings. The summed E-state index contributed by atoms with van der Waals surface area (Å²) in [5.74, 6) is 0.740. The van der Waals surface area contributed by atoms with Gasteiger partial charge in [-0.05, 0) is 37.3 Å². The highest BCUT2D eigenvalue weighted by molar-refractivity contribution is 8.00. The summed E-state index contributed by atoms with van der Waals surface area (Å²) < 4.78 is 5.03. The van der Waals surface area contributed by atoms with Crippen LogP contribution in [0.4, 0.5) is 5.69 Å². The Morgan fingerprint density at radius 3 is 2.74 bits per heavy atom. The molecule has 2 aromatic rings. The lowest BCUT2D eigenvalue weighted by molar-refractivity contribution is -0.109. The Balaban J connectivity index is 2.21. The predicted molar refractivity (Wildman–Crippen MR) is 95.9 cm³/mol. The number of carbonyl (C=O) groups excluding carboxylic acids is 1. The predicted octanol–water partition coefficient (Wildman–Crippen LogP) is 4.37. The molecule has 0 amide bonds. The highest BCUT2D eigenvalue weighted by atomic mass is 35.5. The van der Waals surface area contributed by atoms with Gasteiger partial charge in [0.05, 0.1) is 17.5 Å². The normalized spacial score (nSPS) is 23.3. The fourth-order valence-corrected chi connectivity index (χ4v) is 4.84. The molecule has 2 unspecified atom stereocenters. The molecule has 3 nitrogen and oxygen atoms in total. The molecular formula is C18H18ClNO2S. The molecule has 5 heteroatoms. The number of fused-ring (bicyclic) bond motifs is 1. The van der Waals surface area contributed by atoms with Gasteiger partial charge in [0, 0.05) is 22.5 Å². The zero-order chi connectivity index (χ0) is 16.6. The average molecular weight is 348 g/mol. The SMILES string of the molecule is COc1ccc(Cl)cc1C1(C)Sc2ccccc2N(C)C1C=O. The van der Waals surface area contributed by atoms with E-state index in [-0.39, 0.29) is 6.04 Å². The number of carbonyl (C=O) groups is 1. The second-order valence-electron chi connectivity index (χ2n) is 5.71. The smallest absolute Gasteiger partial charge is 0.144 e. The Bertz CT molecular complexity index is 752. The average Bonchev–Trinajstić information content (AvgIpc) is 2.55. The van der Waals surface area contributed by atoms with Crippen LogP contribution < -0.4 is 9.64 Å². The van der Waals surface area contributed by atoms with E-state index in [0.717, 1.165) is 28.2 Å². The number of rotatable bonds is 3. The van der Waals surface area contributed by atoms with Crippen LogP contribution in [0.3, 0.4) is 0 Å². The summed E-state index contributed by atoms with van der Waals surface area (Å²) in [6.07, 6.45) is 1.00. The van der Waals surface area contributed by atoms with E-state index in [9.17, 15) is 4.79 Å². The third-order valence-electron chi connectivity index (χ3n) is 4.37. The highest BCUT2D eigenvalue weighted by Crippen LogP contribution is 2.54. The van der Waals surface area contributed by atoms with Crippen LogP contribution in [-0.2, 0) is 9.54 Å². The van der Waals surface area contributed by atoms with Crippen LogP contribution >= 0.6 is 23.4 Å². The number of para-hydroxylation sites is 1. The van der Waals surface area contributed by atoms with Crippen LogP contribution in [0.2, 0.25) is 5.02 Å². The maximum atomic E-state index is 11.9. The molecule has 3 rings (SSSR count). The van der Waals surface area contributed by atoms with Crippen LogP contribution in [0.25, 0.3) is 0 Å². The summed E-state index contributed by atoms with van der Waals surface area (Å²) in [5, 5.41) is 0.633. The minimum absolute atomic E-state index is 0.324. The fraction of sp³-hybridized carbons (Fsp3) is 0.278. The van der Waals surface area contributed by atoms with Crippen molar-refractivity contribution in [3.8, 4) is 5.75 Å². The number of hydrogen-bond acceptors (Lipinski definition) is 4. The maximum absolute atomic E-state index is 11.9. The maximum Gasteiger partial charge on any atom is 0.144 e. The molecule has 0 aliphatic carbocycles. The first kappa shape index (κ1) is 16.2. The first-order valence-electron chi connectivity index (χ1n) is 7.31. The van der Waals surface area contributed by atoms with E-state index in [0.29, 0.717) is 5.02 Å². The molecule has 1 aliphatic heterocycles. The van der Waals surface area contributed by atoms with Gasteiger partial charge in [-0.15, -0.1) is 11.8 Å². The lowest BCUT2D eigenvalue weighted by Crippen LogP contribution is -2.49. The van der Waals surface area contributed by atoms with Gasteiger partial charge in [-0.1, -0.05) is 23.7 Å². The molecule has 0 N–H and O–H groups in total. The lowest BCUT2D eigenvalue weighted by Gasteiger charge is -2.45. The van der Waals surface area contributed by atoms with E-state index in [1.165, 1.54) is 0 Å². The molecule has 0 saturated heterocycles. The van der Waals surface area contributed by atoms with Gasteiger partial charge in [0.15, 0.2) is 0 Å². The molecule has 1 aliphatic rings. The Kier molecular flexibility index (Phi) is 4.30. The first-order valence-corrected chi connectivity index (χ1v) is 8.51. The van der Waals surface area contributed by atoms with E-state index in [4.69, 9.17) is 16.3 Å². The number of likely N-dealkylation sites (N-methyl/N-ethyl adjacent to an activating group) is 1. The zero-order valence-electron chi connectivity index (χ0n) is 13.2. The molecule has 0 spiro atoms. The van der Waals surface area contributed by atoms with Gasteiger partial charge < -0.3 is 14.4 Å².